The molecule has 4 heteroatoms. The Morgan fingerprint density at radius 2 is 1.74 bits per heavy atom. The van der Waals surface area contributed by atoms with Crippen LogP contribution >= 0.6 is 0 Å². The Hall–Kier alpha value is -3.01. The molecule has 0 aliphatic heterocycles. The van der Waals surface area contributed by atoms with Crippen LogP contribution in [-0.4, -0.2) is 16.2 Å². The second-order valence-electron chi connectivity index (χ2n) is 5.21. The molecule has 2 aromatic carbocycles. The minimum Gasteiger partial charge on any atom is -0.402 e. The fourth-order valence-corrected chi connectivity index (χ4v) is 2.20. The molecule has 0 aliphatic carbocycles. The Bertz CT molecular complexity index is 838. The summed E-state index contributed by atoms with van der Waals surface area (Å²) in [6, 6.07) is 17.6. The fourth-order valence-electron chi connectivity index (χ4n) is 2.20. The summed E-state index contributed by atoms with van der Waals surface area (Å²) in [5, 5.41) is 0. The van der Waals surface area contributed by atoms with Crippen molar-refractivity contribution >= 4 is 22.9 Å². The molecule has 0 saturated carbocycles. The molecule has 0 bridgehead atoms. The molecule has 1 heterocycles. The van der Waals surface area contributed by atoms with E-state index in [9.17, 15) is 0 Å². The summed E-state index contributed by atoms with van der Waals surface area (Å²) < 4.78 is 0. The van der Waals surface area contributed by atoms with E-state index in [0.29, 0.717) is 0 Å². The summed E-state index contributed by atoms with van der Waals surface area (Å²) in [5.74, 6) is 0. The minimum atomic E-state index is 0.730. The second-order valence-corrected chi connectivity index (χ2v) is 5.21. The number of hydrogen-bond acceptors (Lipinski definition) is 4. The molecule has 0 amide bonds. The van der Waals surface area contributed by atoms with Crippen molar-refractivity contribution in [2.75, 3.05) is 0 Å². The summed E-state index contributed by atoms with van der Waals surface area (Å²) in [4.78, 5) is 13.3. The van der Waals surface area contributed by atoms with Gasteiger partial charge in [0.15, 0.2) is 0 Å². The molecule has 0 radical (unpaired) electrons. The Kier molecular flexibility index (Phi) is 4.74. The van der Waals surface area contributed by atoms with Crippen molar-refractivity contribution in [3.05, 3.63) is 78.3 Å². The van der Waals surface area contributed by atoms with E-state index >= 15 is 0 Å². The van der Waals surface area contributed by atoms with Crippen LogP contribution in [0.3, 0.4) is 0 Å². The van der Waals surface area contributed by atoms with E-state index in [1.54, 1.807) is 6.21 Å². The van der Waals surface area contributed by atoms with E-state index in [1.807, 2.05) is 66.9 Å². The summed E-state index contributed by atoms with van der Waals surface area (Å²) in [6.45, 7) is 0. The first-order valence-electron chi connectivity index (χ1n) is 7.56. The van der Waals surface area contributed by atoms with E-state index in [1.165, 1.54) is 0 Å². The number of allylic oxidation sites excluding steroid dienone is 2. The maximum atomic E-state index is 6.02. The quantitative estimate of drug-likeness (QED) is 0.729. The van der Waals surface area contributed by atoms with Crippen molar-refractivity contribution in [2.24, 2.45) is 10.7 Å². The number of hydrogen-bond donors (Lipinski definition) is 1. The Morgan fingerprint density at radius 3 is 2.57 bits per heavy atom. The van der Waals surface area contributed by atoms with Gasteiger partial charge in [-0.3, -0.25) is 9.98 Å². The Labute approximate surface area is 135 Å². The van der Waals surface area contributed by atoms with Gasteiger partial charge in [0.25, 0.3) is 0 Å². The van der Waals surface area contributed by atoms with Crippen LogP contribution < -0.4 is 5.73 Å². The van der Waals surface area contributed by atoms with Gasteiger partial charge in [-0.15, -0.1) is 0 Å². The lowest BCUT2D eigenvalue weighted by molar-refractivity contribution is 0.889. The van der Waals surface area contributed by atoms with Crippen LogP contribution in [0.15, 0.2) is 77.6 Å². The van der Waals surface area contributed by atoms with Gasteiger partial charge in [-0.25, -0.2) is 4.98 Å². The van der Waals surface area contributed by atoms with Gasteiger partial charge in [-0.05, 0) is 43.2 Å². The monoisotopic (exact) mass is 302 g/mol. The van der Waals surface area contributed by atoms with Crippen molar-refractivity contribution in [1.82, 2.24) is 9.97 Å². The lowest BCUT2D eigenvalue weighted by Crippen LogP contribution is -2.01. The second kappa shape index (κ2) is 7.31. The summed E-state index contributed by atoms with van der Waals surface area (Å²) in [6.07, 6.45) is 6.87. The number of fused-ring (bicyclic) bond motifs is 1. The largest absolute Gasteiger partial charge is 0.402 e. The molecule has 0 unspecified atom stereocenters. The number of benzene rings is 2. The number of aryl methyl sites for hydroxylation is 1. The van der Waals surface area contributed by atoms with E-state index < -0.39 is 0 Å². The zero-order valence-corrected chi connectivity index (χ0v) is 12.8. The maximum absolute atomic E-state index is 6.02. The van der Waals surface area contributed by atoms with Gasteiger partial charge in [0.1, 0.15) is 0 Å². The summed E-state index contributed by atoms with van der Waals surface area (Å²) >= 11 is 0. The Balaban J connectivity index is 1.60. The van der Waals surface area contributed by atoms with Gasteiger partial charge in [0, 0.05) is 18.1 Å². The average Bonchev–Trinajstić information content (AvgIpc) is 2.61. The van der Waals surface area contributed by atoms with Crippen molar-refractivity contribution in [1.29, 1.82) is 0 Å². The minimum absolute atomic E-state index is 0.730. The van der Waals surface area contributed by atoms with Crippen molar-refractivity contribution in [3.63, 3.8) is 0 Å². The molecular formula is C19H18N4. The zero-order chi connectivity index (χ0) is 15.9. The molecule has 23 heavy (non-hydrogen) atoms. The van der Waals surface area contributed by atoms with Crippen LogP contribution in [0.1, 0.15) is 12.1 Å². The van der Waals surface area contributed by atoms with Crippen molar-refractivity contribution < 1.29 is 0 Å². The molecule has 1 aromatic heterocycles. The number of rotatable bonds is 5. The van der Waals surface area contributed by atoms with Crippen LogP contribution in [0.2, 0.25) is 0 Å². The van der Waals surface area contributed by atoms with Crippen LogP contribution in [0.5, 0.6) is 0 Å². The molecule has 4 nitrogen and oxygen atoms in total. The zero-order valence-electron chi connectivity index (χ0n) is 12.8. The van der Waals surface area contributed by atoms with E-state index in [4.69, 9.17) is 5.73 Å². The first-order valence-corrected chi connectivity index (χ1v) is 7.56. The van der Waals surface area contributed by atoms with Gasteiger partial charge >= 0.3 is 0 Å². The number of nitrogens with zero attached hydrogens (tertiary/aromatic N) is 3. The molecular weight excluding hydrogens is 284 g/mol. The third-order valence-corrected chi connectivity index (χ3v) is 3.44. The molecule has 0 aliphatic rings. The van der Waals surface area contributed by atoms with Crippen LogP contribution in [-0.2, 0) is 6.42 Å². The topological polar surface area (TPSA) is 64.2 Å². The van der Waals surface area contributed by atoms with Gasteiger partial charge in [-0.2, -0.15) is 0 Å². The van der Waals surface area contributed by atoms with Gasteiger partial charge < -0.3 is 5.73 Å². The normalized spacial score (nSPS) is 12.1. The summed E-state index contributed by atoms with van der Waals surface area (Å²) in [7, 11) is 0. The average molecular weight is 302 g/mol. The molecule has 3 aromatic rings. The summed E-state index contributed by atoms with van der Waals surface area (Å²) in [5.41, 5.74) is 10.5. The standard InChI is InChI=1S/C19H18N4/c20-15(12-13-21-16-6-2-1-3-7-16)10-11-17-14-22-18-8-4-5-9-19(18)23-17/h1-9,12-14H,10-11,20H2. The highest BCUT2D eigenvalue weighted by atomic mass is 14.8. The maximum Gasteiger partial charge on any atom is 0.0890 e. The van der Waals surface area contributed by atoms with Crippen LogP contribution in [0.4, 0.5) is 5.69 Å². The smallest absolute Gasteiger partial charge is 0.0890 e. The van der Waals surface area contributed by atoms with Crippen LogP contribution in [0, 0.1) is 0 Å². The number of para-hydroxylation sites is 3. The van der Waals surface area contributed by atoms with Gasteiger partial charge in [-0.1, -0.05) is 30.3 Å². The van der Waals surface area contributed by atoms with E-state index in [-0.39, 0.29) is 0 Å². The number of nitrogens with two attached hydrogens (primary N) is 1. The molecule has 0 spiro atoms. The lowest BCUT2D eigenvalue weighted by Gasteiger charge is -2.02. The third kappa shape index (κ3) is 4.23. The van der Waals surface area contributed by atoms with Crippen molar-refractivity contribution in [3.8, 4) is 0 Å². The highest BCUT2D eigenvalue weighted by Crippen LogP contribution is 2.11. The predicted octanol–water partition coefficient (Wildman–Crippen LogP) is 3.81. The molecule has 2 N–H and O–H groups in total. The van der Waals surface area contributed by atoms with Gasteiger partial charge in [0.05, 0.1) is 22.4 Å². The first kappa shape index (κ1) is 14.9. The SMILES string of the molecule is NC(=CC=Nc1ccccc1)CCc1cnc2ccccc2n1. The molecule has 0 atom stereocenters. The van der Waals surface area contributed by atoms with E-state index in [0.717, 1.165) is 41.0 Å². The molecule has 3 rings (SSSR count). The highest BCUT2D eigenvalue weighted by Gasteiger charge is 2.00. The highest BCUT2D eigenvalue weighted by molar-refractivity contribution is 5.75. The Morgan fingerprint density at radius 1 is 1.00 bits per heavy atom. The predicted molar refractivity (Wildman–Crippen MR) is 94.7 cm³/mol. The first-order chi connectivity index (χ1) is 11.3. The number of aromatic nitrogens is 2. The molecule has 0 saturated heterocycles. The van der Waals surface area contributed by atoms with E-state index in [2.05, 4.69) is 15.0 Å². The third-order valence-electron chi connectivity index (χ3n) is 3.44. The van der Waals surface area contributed by atoms with Crippen LogP contribution in [0.25, 0.3) is 11.0 Å². The van der Waals surface area contributed by atoms with Gasteiger partial charge in [0.2, 0.25) is 0 Å². The number of aliphatic imine (C=N–C) groups is 1. The van der Waals surface area contributed by atoms with Crippen molar-refractivity contribution in [2.45, 2.75) is 12.8 Å². The molecule has 0 fully saturated rings. The molecule has 114 valence electrons. The lowest BCUT2D eigenvalue weighted by atomic mass is 10.2. The fraction of sp³-hybridized carbons (Fsp3) is 0.105.